The molecule has 0 spiro atoms. The van der Waals surface area contributed by atoms with Crippen LogP contribution in [0.25, 0.3) is 0 Å². The van der Waals surface area contributed by atoms with Gasteiger partial charge in [-0.15, -0.1) is 6.58 Å². The maximum absolute atomic E-state index is 9.84. The lowest BCUT2D eigenvalue weighted by molar-refractivity contribution is -0.104. The first-order valence-corrected chi connectivity index (χ1v) is 4.13. The average Bonchev–Trinajstić information content (AvgIpc) is 2.03. The molecule has 0 aromatic carbocycles. The van der Waals surface area contributed by atoms with Crippen LogP contribution in [0.2, 0.25) is 0 Å². The summed E-state index contributed by atoms with van der Waals surface area (Å²) in [5.41, 5.74) is 0. The lowest BCUT2D eigenvalue weighted by Gasteiger charge is -1.93. The molecule has 0 saturated carbocycles. The van der Waals surface area contributed by atoms with E-state index in [9.17, 15) is 4.79 Å². The minimum Gasteiger partial charge on any atom is -0.299 e. The van der Waals surface area contributed by atoms with Crippen LogP contribution in [0.5, 0.6) is 0 Å². The highest BCUT2D eigenvalue weighted by molar-refractivity contribution is 5.64. The van der Waals surface area contributed by atoms with E-state index >= 15 is 0 Å². The van der Waals surface area contributed by atoms with E-state index in [4.69, 9.17) is 0 Å². The predicted molar refractivity (Wildman–Crippen MR) is 48.5 cm³/mol. The molecule has 0 aliphatic rings. The summed E-state index contributed by atoms with van der Waals surface area (Å²) >= 11 is 0. The predicted octanol–water partition coefficient (Wildman–Crippen LogP) is 2.88. The number of unbranched alkanes of at least 4 members (excludes halogenated alkanes) is 4. The van der Waals surface area contributed by atoms with Gasteiger partial charge in [-0.05, 0) is 31.8 Å². The molecule has 0 N–H and O–H groups in total. The van der Waals surface area contributed by atoms with Crippen molar-refractivity contribution in [3.63, 3.8) is 0 Å². The SMILES string of the molecule is C=CCCCCC/C=C/C=O. The molecule has 0 heterocycles. The van der Waals surface area contributed by atoms with Gasteiger partial charge in [0, 0.05) is 0 Å². The molecule has 0 aromatic rings. The lowest BCUT2D eigenvalue weighted by atomic mass is 10.1. The van der Waals surface area contributed by atoms with Crippen LogP contribution in [-0.2, 0) is 4.79 Å². The zero-order valence-corrected chi connectivity index (χ0v) is 6.96. The first-order chi connectivity index (χ1) is 5.41. The summed E-state index contributed by atoms with van der Waals surface area (Å²) in [6.45, 7) is 3.65. The number of hydrogen-bond donors (Lipinski definition) is 0. The fraction of sp³-hybridized carbons (Fsp3) is 0.500. The van der Waals surface area contributed by atoms with Crippen LogP contribution in [0.3, 0.4) is 0 Å². The Hall–Kier alpha value is -0.850. The lowest BCUT2D eigenvalue weighted by Crippen LogP contribution is -1.74. The third kappa shape index (κ3) is 9.15. The van der Waals surface area contributed by atoms with Crippen molar-refractivity contribution in [1.29, 1.82) is 0 Å². The molecule has 11 heavy (non-hydrogen) atoms. The molecule has 0 radical (unpaired) electrons. The summed E-state index contributed by atoms with van der Waals surface area (Å²) < 4.78 is 0. The second kappa shape index (κ2) is 9.15. The zero-order chi connectivity index (χ0) is 8.36. The molecule has 0 rings (SSSR count). The molecule has 1 heteroatoms. The molecule has 0 saturated heterocycles. The van der Waals surface area contributed by atoms with Crippen LogP contribution >= 0.6 is 0 Å². The summed E-state index contributed by atoms with van der Waals surface area (Å²) in [5.74, 6) is 0. The molecular weight excluding hydrogens is 136 g/mol. The fourth-order valence-electron chi connectivity index (χ4n) is 0.879. The van der Waals surface area contributed by atoms with E-state index in [0.29, 0.717) is 0 Å². The minimum absolute atomic E-state index is 0.823. The van der Waals surface area contributed by atoms with Gasteiger partial charge in [-0.3, -0.25) is 4.79 Å². The van der Waals surface area contributed by atoms with Crippen molar-refractivity contribution in [1.82, 2.24) is 0 Å². The Kier molecular flexibility index (Phi) is 8.44. The molecule has 0 aliphatic heterocycles. The Bertz CT molecular complexity index is 125. The van der Waals surface area contributed by atoms with Gasteiger partial charge in [0.2, 0.25) is 0 Å². The van der Waals surface area contributed by atoms with Crippen molar-refractivity contribution in [2.45, 2.75) is 32.1 Å². The highest BCUT2D eigenvalue weighted by atomic mass is 16.1. The molecule has 0 atom stereocenters. The normalized spacial score (nSPS) is 10.2. The standard InChI is InChI=1S/C10H16O/c1-2-3-4-5-6-7-8-9-10-11/h2,8-10H,1,3-7H2/b9-8+. The van der Waals surface area contributed by atoms with Crippen molar-refractivity contribution in [3.05, 3.63) is 24.8 Å². The summed E-state index contributed by atoms with van der Waals surface area (Å²) in [6, 6.07) is 0. The molecule has 0 aliphatic carbocycles. The summed E-state index contributed by atoms with van der Waals surface area (Å²) in [7, 11) is 0. The second-order valence-corrected chi connectivity index (χ2v) is 2.49. The van der Waals surface area contributed by atoms with Gasteiger partial charge in [0.15, 0.2) is 0 Å². The number of rotatable bonds is 7. The van der Waals surface area contributed by atoms with Gasteiger partial charge < -0.3 is 0 Å². The molecule has 0 amide bonds. The van der Waals surface area contributed by atoms with Crippen molar-refractivity contribution in [3.8, 4) is 0 Å². The Morgan fingerprint density at radius 2 is 1.82 bits per heavy atom. The third-order valence-electron chi connectivity index (χ3n) is 1.49. The number of aldehydes is 1. The molecule has 0 unspecified atom stereocenters. The molecule has 0 bridgehead atoms. The number of carbonyl (C=O) groups is 1. The maximum atomic E-state index is 9.84. The third-order valence-corrected chi connectivity index (χ3v) is 1.49. The molecule has 0 fully saturated rings. The van der Waals surface area contributed by atoms with Gasteiger partial charge in [-0.1, -0.05) is 18.6 Å². The van der Waals surface area contributed by atoms with Gasteiger partial charge in [-0.25, -0.2) is 0 Å². The topological polar surface area (TPSA) is 17.1 Å². The van der Waals surface area contributed by atoms with E-state index in [2.05, 4.69) is 6.58 Å². The van der Waals surface area contributed by atoms with E-state index < -0.39 is 0 Å². The van der Waals surface area contributed by atoms with Crippen LogP contribution in [0, 0.1) is 0 Å². The number of allylic oxidation sites excluding steroid dienone is 3. The van der Waals surface area contributed by atoms with E-state index in [0.717, 1.165) is 19.1 Å². The summed E-state index contributed by atoms with van der Waals surface area (Å²) in [6.07, 6.45) is 12.0. The van der Waals surface area contributed by atoms with Crippen LogP contribution in [0.4, 0.5) is 0 Å². The van der Waals surface area contributed by atoms with Gasteiger partial charge >= 0.3 is 0 Å². The van der Waals surface area contributed by atoms with Crippen molar-refractivity contribution in [2.24, 2.45) is 0 Å². The first-order valence-electron chi connectivity index (χ1n) is 4.13. The van der Waals surface area contributed by atoms with E-state index in [1.54, 1.807) is 6.08 Å². The van der Waals surface area contributed by atoms with Gasteiger partial charge in [0.05, 0.1) is 0 Å². The first kappa shape index (κ1) is 10.2. The second-order valence-electron chi connectivity index (χ2n) is 2.49. The summed E-state index contributed by atoms with van der Waals surface area (Å²) in [4.78, 5) is 9.84. The smallest absolute Gasteiger partial charge is 0.142 e. The molecular formula is C10H16O. The van der Waals surface area contributed by atoms with Crippen molar-refractivity contribution in [2.75, 3.05) is 0 Å². The molecule has 0 aromatic heterocycles. The maximum Gasteiger partial charge on any atom is 0.142 e. The van der Waals surface area contributed by atoms with Crippen LogP contribution in [0.1, 0.15) is 32.1 Å². The highest BCUT2D eigenvalue weighted by Crippen LogP contribution is 2.03. The van der Waals surface area contributed by atoms with E-state index in [1.807, 2.05) is 12.2 Å². The van der Waals surface area contributed by atoms with Gasteiger partial charge in [0.25, 0.3) is 0 Å². The Labute approximate surface area is 68.8 Å². The Morgan fingerprint density at radius 3 is 2.45 bits per heavy atom. The monoisotopic (exact) mass is 152 g/mol. The molecule has 1 nitrogen and oxygen atoms in total. The largest absolute Gasteiger partial charge is 0.299 e. The van der Waals surface area contributed by atoms with Crippen LogP contribution < -0.4 is 0 Å². The Balaban J connectivity index is 2.95. The van der Waals surface area contributed by atoms with Crippen molar-refractivity contribution >= 4 is 6.29 Å². The Morgan fingerprint density at radius 1 is 1.09 bits per heavy atom. The number of carbonyl (C=O) groups excluding carboxylic acids is 1. The summed E-state index contributed by atoms with van der Waals surface area (Å²) in [5, 5.41) is 0. The molecule has 62 valence electrons. The zero-order valence-electron chi connectivity index (χ0n) is 6.96. The minimum atomic E-state index is 0.823. The van der Waals surface area contributed by atoms with E-state index in [-0.39, 0.29) is 0 Å². The average molecular weight is 152 g/mol. The van der Waals surface area contributed by atoms with Crippen molar-refractivity contribution < 1.29 is 4.79 Å². The quantitative estimate of drug-likeness (QED) is 0.237. The van der Waals surface area contributed by atoms with E-state index in [1.165, 1.54) is 19.3 Å². The number of hydrogen-bond acceptors (Lipinski definition) is 1. The van der Waals surface area contributed by atoms with Gasteiger partial charge in [0.1, 0.15) is 6.29 Å². The van der Waals surface area contributed by atoms with Crippen LogP contribution in [0.15, 0.2) is 24.8 Å². The fourth-order valence-corrected chi connectivity index (χ4v) is 0.879. The van der Waals surface area contributed by atoms with Gasteiger partial charge in [-0.2, -0.15) is 0 Å². The van der Waals surface area contributed by atoms with Crippen LogP contribution in [-0.4, -0.2) is 6.29 Å². The highest BCUT2D eigenvalue weighted by Gasteiger charge is 1.83.